The zero-order valence-corrected chi connectivity index (χ0v) is 17.2. The molecule has 0 unspecified atom stereocenters. The molecule has 0 radical (unpaired) electrons. The predicted molar refractivity (Wildman–Crippen MR) is 115 cm³/mol. The molecule has 0 amide bonds. The van der Waals surface area contributed by atoms with E-state index in [9.17, 15) is 4.79 Å². The standard InChI is InChI=1S/C18H20N6O.C3H8/c1-19-18-14(8-9-25)13(12-10-20-21-11-12)4-5-15(18)16-6-7-17(23-22-16)24(2)3;1-3-2/h4-7,9-11,19H,8H2,1-3H3,(H,20,21);3H2,1-2H3. The molecule has 1 aromatic carbocycles. The van der Waals surface area contributed by atoms with E-state index >= 15 is 0 Å². The zero-order valence-electron chi connectivity index (χ0n) is 17.2. The third-order valence-corrected chi connectivity index (χ3v) is 4.04. The second kappa shape index (κ2) is 10.2. The summed E-state index contributed by atoms with van der Waals surface area (Å²) in [5.74, 6) is 0.790. The Bertz CT molecular complexity index is 873. The van der Waals surface area contributed by atoms with Crippen molar-refractivity contribution in [1.82, 2.24) is 20.4 Å². The number of aldehydes is 1. The number of hydrogen-bond acceptors (Lipinski definition) is 6. The van der Waals surface area contributed by atoms with Crippen molar-refractivity contribution in [3.05, 3.63) is 42.2 Å². The fraction of sp³-hybridized carbons (Fsp3) is 0.333. The van der Waals surface area contributed by atoms with Crippen molar-refractivity contribution in [3.8, 4) is 22.4 Å². The van der Waals surface area contributed by atoms with Crippen LogP contribution in [0.25, 0.3) is 22.4 Å². The van der Waals surface area contributed by atoms with Gasteiger partial charge in [-0.1, -0.05) is 32.4 Å². The van der Waals surface area contributed by atoms with Gasteiger partial charge in [-0.25, -0.2) is 0 Å². The van der Waals surface area contributed by atoms with Crippen molar-refractivity contribution >= 4 is 17.8 Å². The number of carbonyl (C=O) groups is 1. The summed E-state index contributed by atoms with van der Waals surface area (Å²) in [7, 11) is 5.68. The molecule has 2 aromatic heterocycles. The molecule has 7 nitrogen and oxygen atoms in total. The summed E-state index contributed by atoms with van der Waals surface area (Å²) in [5.41, 5.74) is 5.35. The average Bonchev–Trinajstić information content (AvgIpc) is 3.23. The summed E-state index contributed by atoms with van der Waals surface area (Å²) in [4.78, 5) is 13.1. The van der Waals surface area contributed by atoms with Gasteiger partial charge in [0.25, 0.3) is 0 Å². The van der Waals surface area contributed by atoms with Crippen molar-refractivity contribution in [2.24, 2.45) is 0 Å². The highest BCUT2D eigenvalue weighted by molar-refractivity contribution is 5.87. The van der Waals surface area contributed by atoms with Crippen LogP contribution in [0.5, 0.6) is 0 Å². The van der Waals surface area contributed by atoms with Gasteiger partial charge in [-0.2, -0.15) is 5.10 Å². The summed E-state index contributed by atoms with van der Waals surface area (Å²) in [5, 5.41) is 18.6. The van der Waals surface area contributed by atoms with Gasteiger partial charge in [0, 0.05) is 50.6 Å². The van der Waals surface area contributed by atoms with E-state index in [1.54, 1.807) is 6.20 Å². The van der Waals surface area contributed by atoms with Gasteiger partial charge in [0.05, 0.1) is 11.9 Å². The molecule has 2 N–H and O–H groups in total. The molecule has 0 spiro atoms. The van der Waals surface area contributed by atoms with Crippen LogP contribution in [0.15, 0.2) is 36.7 Å². The first kappa shape index (κ1) is 21.1. The van der Waals surface area contributed by atoms with Crippen LogP contribution in [-0.4, -0.2) is 47.8 Å². The topological polar surface area (TPSA) is 86.8 Å². The fourth-order valence-electron chi connectivity index (χ4n) is 2.82. The first-order chi connectivity index (χ1) is 13.6. The summed E-state index contributed by atoms with van der Waals surface area (Å²) in [6.45, 7) is 4.25. The molecule has 0 atom stereocenters. The van der Waals surface area contributed by atoms with Gasteiger partial charge in [0.2, 0.25) is 0 Å². The monoisotopic (exact) mass is 380 g/mol. The SMILES string of the molecule is CCC.CNc1c(-c2ccc(N(C)C)nn2)ccc(-c2cn[nH]c2)c1CC=O. The van der Waals surface area contributed by atoms with Crippen LogP contribution in [-0.2, 0) is 11.2 Å². The van der Waals surface area contributed by atoms with Gasteiger partial charge >= 0.3 is 0 Å². The maximum absolute atomic E-state index is 11.2. The number of nitrogens with zero attached hydrogens (tertiary/aromatic N) is 4. The Morgan fingerprint density at radius 1 is 1.11 bits per heavy atom. The molecular weight excluding hydrogens is 352 g/mol. The first-order valence-corrected chi connectivity index (χ1v) is 9.35. The number of nitrogens with one attached hydrogen (secondary N) is 2. The fourth-order valence-corrected chi connectivity index (χ4v) is 2.82. The lowest BCUT2D eigenvalue weighted by molar-refractivity contribution is -0.107. The van der Waals surface area contributed by atoms with Crippen LogP contribution in [0, 0.1) is 0 Å². The Labute approximate surface area is 166 Å². The molecule has 148 valence electrons. The van der Waals surface area contributed by atoms with Crippen LogP contribution >= 0.6 is 0 Å². The molecule has 0 aliphatic carbocycles. The predicted octanol–water partition coefficient (Wildman–Crippen LogP) is 3.80. The van der Waals surface area contributed by atoms with Crippen molar-refractivity contribution < 1.29 is 4.79 Å². The largest absolute Gasteiger partial charge is 0.387 e. The van der Waals surface area contributed by atoms with E-state index in [-0.39, 0.29) is 0 Å². The highest BCUT2D eigenvalue weighted by atomic mass is 16.1. The number of rotatable bonds is 6. The molecule has 3 rings (SSSR count). The van der Waals surface area contributed by atoms with Crippen LogP contribution in [0.4, 0.5) is 11.5 Å². The Kier molecular flexibility index (Phi) is 7.68. The van der Waals surface area contributed by atoms with E-state index in [0.717, 1.165) is 45.7 Å². The molecular formula is C21H28N6O. The van der Waals surface area contributed by atoms with E-state index < -0.39 is 0 Å². The Hall–Kier alpha value is -3.22. The van der Waals surface area contributed by atoms with Crippen LogP contribution < -0.4 is 10.2 Å². The van der Waals surface area contributed by atoms with Gasteiger partial charge in [0.1, 0.15) is 6.29 Å². The van der Waals surface area contributed by atoms with Gasteiger partial charge in [-0.05, 0) is 23.3 Å². The van der Waals surface area contributed by atoms with Gasteiger partial charge in [0.15, 0.2) is 5.82 Å². The lowest BCUT2D eigenvalue weighted by Gasteiger charge is -2.17. The number of aromatic amines is 1. The third-order valence-electron chi connectivity index (χ3n) is 4.04. The molecule has 7 heteroatoms. The molecule has 0 aliphatic heterocycles. The minimum Gasteiger partial charge on any atom is -0.387 e. The zero-order chi connectivity index (χ0) is 20.5. The number of benzene rings is 1. The number of anilines is 2. The minimum absolute atomic E-state index is 0.299. The van der Waals surface area contributed by atoms with Crippen molar-refractivity contribution in [1.29, 1.82) is 0 Å². The van der Waals surface area contributed by atoms with Gasteiger partial charge in [-0.3, -0.25) is 5.10 Å². The Balaban J connectivity index is 0.000000878. The van der Waals surface area contributed by atoms with E-state index in [4.69, 9.17) is 0 Å². The molecule has 3 aromatic rings. The Morgan fingerprint density at radius 2 is 1.82 bits per heavy atom. The van der Waals surface area contributed by atoms with E-state index in [0.29, 0.717) is 6.42 Å². The molecule has 0 saturated heterocycles. The second-order valence-corrected chi connectivity index (χ2v) is 6.50. The van der Waals surface area contributed by atoms with Crippen molar-refractivity contribution in [2.45, 2.75) is 26.7 Å². The average molecular weight is 380 g/mol. The van der Waals surface area contributed by atoms with E-state index in [1.807, 2.05) is 56.5 Å². The smallest absolute Gasteiger partial charge is 0.150 e. The third kappa shape index (κ3) is 4.73. The van der Waals surface area contributed by atoms with Gasteiger partial charge in [-0.15, -0.1) is 10.2 Å². The summed E-state index contributed by atoms with van der Waals surface area (Å²) < 4.78 is 0. The normalized spacial score (nSPS) is 10.0. The van der Waals surface area contributed by atoms with Crippen LogP contribution in [0.1, 0.15) is 25.8 Å². The summed E-state index contributed by atoms with van der Waals surface area (Å²) in [6.07, 6.45) is 6.01. The minimum atomic E-state index is 0.299. The van der Waals surface area contributed by atoms with Crippen molar-refractivity contribution in [2.75, 3.05) is 31.4 Å². The Morgan fingerprint density at radius 3 is 2.32 bits per heavy atom. The molecule has 0 aliphatic rings. The molecule has 0 fully saturated rings. The first-order valence-electron chi connectivity index (χ1n) is 9.35. The lowest BCUT2D eigenvalue weighted by Crippen LogP contribution is -2.11. The van der Waals surface area contributed by atoms with Gasteiger partial charge < -0.3 is 15.0 Å². The number of H-pyrrole nitrogens is 1. The van der Waals surface area contributed by atoms with Crippen LogP contribution in [0.3, 0.4) is 0 Å². The van der Waals surface area contributed by atoms with Crippen molar-refractivity contribution in [3.63, 3.8) is 0 Å². The lowest BCUT2D eigenvalue weighted by atomic mass is 9.94. The van der Waals surface area contributed by atoms with E-state index in [2.05, 4.69) is 39.6 Å². The number of hydrogen-bond donors (Lipinski definition) is 2. The van der Waals surface area contributed by atoms with Crippen LogP contribution in [0.2, 0.25) is 0 Å². The molecule has 0 saturated carbocycles. The maximum atomic E-state index is 11.2. The molecule has 0 bridgehead atoms. The maximum Gasteiger partial charge on any atom is 0.150 e. The number of aromatic nitrogens is 4. The summed E-state index contributed by atoms with van der Waals surface area (Å²) >= 11 is 0. The highest BCUT2D eigenvalue weighted by Gasteiger charge is 2.16. The number of carbonyl (C=O) groups excluding carboxylic acids is 1. The quantitative estimate of drug-likeness (QED) is 0.633. The second-order valence-electron chi connectivity index (χ2n) is 6.50. The summed E-state index contributed by atoms with van der Waals surface area (Å²) in [6, 6.07) is 7.83. The molecule has 28 heavy (non-hydrogen) atoms. The van der Waals surface area contributed by atoms with E-state index in [1.165, 1.54) is 6.42 Å². The highest BCUT2D eigenvalue weighted by Crippen LogP contribution is 2.36. The molecule has 2 heterocycles.